The van der Waals surface area contributed by atoms with E-state index in [1.807, 2.05) is 0 Å². The van der Waals surface area contributed by atoms with Gasteiger partial charge in [-0.05, 0) is 48.6 Å². The van der Waals surface area contributed by atoms with Gasteiger partial charge in [0.05, 0.1) is 21.3 Å². The predicted molar refractivity (Wildman–Crippen MR) is 128 cm³/mol. The zero-order chi connectivity index (χ0) is 23.2. The van der Waals surface area contributed by atoms with E-state index in [2.05, 4.69) is 16.0 Å². The average Bonchev–Trinajstić information content (AvgIpc) is 2.72. The molecule has 7 nitrogen and oxygen atoms in total. The predicted octanol–water partition coefficient (Wildman–Crippen LogP) is 4.78. The number of benzene rings is 2. The number of alkyl halides is 3. The van der Waals surface area contributed by atoms with Crippen LogP contribution in [0.1, 0.15) is 10.4 Å². The van der Waals surface area contributed by atoms with Gasteiger partial charge in [0.25, 0.3) is 5.91 Å². The summed E-state index contributed by atoms with van der Waals surface area (Å²) in [6.07, 6.45) is -1.17. The molecule has 0 fully saturated rings. The highest BCUT2D eigenvalue weighted by atomic mass is 35.6. The molecule has 0 spiro atoms. The van der Waals surface area contributed by atoms with Crippen molar-refractivity contribution in [2.45, 2.75) is 9.96 Å². The largest absolute Gasteiger partial charge is 0.493 e. The highest BCUT2D eigenvalue weighted by Crippen LogP contribution is 2.38. The molecule has 2 aromatic carbocycles. The quantitative estimate of drug-likeness (QED) is 0.272. The van der Waals surface area contributed by atoms with Crippen molar-refractivity contribution in [1.82, 2.24) is 10.6 Å². The van der Waals surface area contributed by atoms with Gasteiger partial charge in [0, 0.05) is 16.3 Å². The maximum Gasteiger partial charge on any atom is 0.253 e. The Hall–Kier alpha value is -1.84. The second-order valence-corrected chi connectivity index (χ2v) is 9.18. The average molecular weight is 527 g/mol. The molecule has 0 aliphatic carbocycles. The van der Waals surface area contributed by atoms with Crippen molar-refractivity contribution in [3.05, 3.63) is 47.0 Å². The summed E-state index contributed by atoms with van der Waals surface area (Å²) < 4.78 is 13.8. The molecule has 0 aliphatic heterocycles. The highest BCUT2D eigenvalue weighted by molar-refractivity contribution is 7.80. The van der Waals surface area contributed by atoms with E-state index in [1.165, 1.54) is 33.5 Å². The van der Waals surface area contributed by atoms with Crippen LogP contribution in [-0.2, 0) is 0 Å². The number of anilines is 1. The Morgan fingerprint density at radius 2 is 1.52 bits per heavy atom. The van der Waals surface area contributed by atoms with Crippen molar-refractivity contribution in [3.8, 4) is 17.2 Å². The molecule has 0 aliphatic rings. The van der Waals surface area contributed by atoms with Gasteiger partial charge in [-0.2, -0.15) is 0 Å². The number of carbonyl (C=O) groups excluding carboxylic acids is 1. The van der Waals surface area contributed by atoms with Crippen molar-refractivity contribution in [1.29, 1.82) is 0 Å². The number of thiocarbonyl (C=S) groups is 1. The molecule has 168 valence electrons. The molecule has 0 saturated heterocycles. The third-order valence-corrected chi connectivity index (χ3v) is 5.03. The lowest BCUT2D eigenvalue weighted by molar-refractivity contribution is 0.0933. The Labute approximate surface area is 205 Å². The summed E-state index contributed by atoms with van der Waals surface area (Å²) in [4.78, 5) is 12.9. The van der Waals surface area contributed by atoms with E-state index in [-0.39, 0.29) is 10.7 Å². The molecule has 0 unspecified atom stereocenters. The van der Waals surface area contributed by atoms with Crippen LogP contribution in [0.15, 0.2) is 36.4 Å². The molecule has 0 saturated carbocycles. The fourth-order valence-electron chi connectivity index (χ4n) is 2.46. The van der Waals surface area contributed by atoms with Gasteiger partial charge >= 0.3 is 0 Å². The van der Waals surface area contributed by atoms with Gasteiger partial charge < -0.3 is 30.2 Å². The molecule has 0 heterocycles. The SMILES string of the molecule is COc1cc(C(=O)N[C@@H](NC(=S)Nc2ccc(Cl)cc2)C(Cl)(Cl)Cl)cc(OC)c1OC. The summed E-state index contributed by atoms with van der Waals surface area (Å²) in [5.74, 6) is 0.360. The minimum Gasteiger partial charge on any atom is -0.493 e. The van der Waals surface area contributed by atoms with E-state index in [9.17, 15) is 4.79 Å². The van der Waals surface area contributed by atoms with Crippen LogP contribution in [0.3, 0.4) is 0 Å². The van der Waals surface area contributed by atoms with Crippen LogP contribution in [0.25, 0.3) is 0 Å². The lowest BCUT2D eigenvalue weighted by atomic mass is 10.1. The molecular formula is C19H19Cl4N3O4S. The fourth-order valence-corrected chi connectivity index (χ4v) is 3.15. The first-order valence-electron chi connectivity index (χ1n) is 8.59. The lowest BCUT2D eigenvalue weighted by Gasteiger charge is -2.28. The van der Waals surface area contributed by atoms with Gasteiger partial charge in [-0.3, -0.25) is 4.79 Å². The van der Waals surface area contributed by atoms with E-state index in [4.69, 9.17) is 72.8 Å². The topological polar surface area (TPSA) is 80.9 Å². The number of nitrogens with one attached hydrogen (secondary N) is 3. The summed E-state index contributed by atoms with van der Waals surface area (Å²) >= 11 is 29.3. The van der Waals surface area contributed by atoms with Crippen molar-refractivity contribution in [3.63, 3.8) is 0 Å². The smallest absolute Gasteiger partial charge is 0.253 e. The molecule has 1 amide bonds. The van der Waals surface area contributed by atoms with Crippen LogP contribution < -0.4 is 30.2 Å². The van der Waals surface area contributed by atoms with Crippen molar-refractivity contribution in [2.24, 2.45) is 0 Å². The van der Waals surface area contributed by atoms with E-state index in [0.717, 1.165) is 0 Å². The van der Waals surface area contributed by atoms with Crippen LogP contribution in [-0.4, -0.2) is 42.3 Å². The van der Waals surface area contributed by atoms with Crippen LogP contribution in [0.5, 0.6) is 17.2 Å². The van der Waals surface area contributed by atoms with Crippen LogP contribution in [0, 0.1) is 0 Å². The zero-order valence-corrected chi connectivity index (χ0v) is 20.4. The Morgan fingerprint density at radius 3 is 1.97 bits per heavy atom. The number of methoxy groups -OCH3 is 3. The number of rotatable bonds is 7. The minimum atomic E-state index is -1.93. The molecule has 12 heteroatoms. The maximum absolute atomic E-state index is 12.9. The van der Waals surface area contributed by atoms with Crippen molar-refractivity contribution in [2.75, 3.05) is 26.6 Å². The number of amides is 1. The number of carbonyl (C=O) groups is 1. The number of ether oxygens (including phenoxy) is 3. The summed E-state index contributed by atoms with van der Waals surface area (Å²) in [7, 11) is 4.33. The molecule has 2 rings (SSSR count). The van der Waals surface area contributed by atoms with Crippen molar-refractivity contribution >= 4 is 75.3 Å². The second kappa shape index (κ2) is 11.2. The summed E-state index contributed by atoms with van der Waals surface area (Å²) in [5, 5.41) is 8.97. The Balaban J connectivity index is 2.19. The standard InChI is InChI=1S/C19H19Cl4N3O4S/c1-28-13-8-10(9-14(29-2)15(13)30-3)16(27)25-17(19(21,22)23)26-18(31)24-12-6-4-11(20)5-7-12/h4-9,17H,1-3H3,(H,25,27)(H2,24,26,31)/t17-/m0/s1. The first kappa shape index (κ1) is 25.4. The van der Waals surface area contributed by atoms with E-state index in [0.29, 0.717) is 28.0 Å². The lowest BCUT2D eigenvalue weighted by Crippen LogP contribution is -2.56. The Morgan fingerprint density at radius 1 is 0.968 bits per heavy atom. The number of hydrogen-bond acceptors (Lipinski definition) is 5. The minimum absolute atomic E-state index is 0.115. The van der Waals surface area contributed by atoms with Gasteiger partial charge in [-0.15, -0.1) is 0 Å². The van der Waals surface area contributed by atoms with Crippen LogP contribution >= 0.6 is 58.6 Å². The van der Waals surface area contributed by atoms with Gasteiger partial charge in [0.1, 0.15) is 6.17 Å². The van der Waals surface area contributed by atoms with Gasteiger partial charge in [0.15, 0.2) is 16.6 Å². The first-order chi connectivity index (χ1) is 14.6. The van der Waals surface area contributed by atoms with Crippen molar-refractivity contribution < 1.29 is 19.0 Å². The summed E-state index contributed by atoms with van der Waals surface area (Å²) in [6.45, 7) is 0. The maximum atomic E-state index is 12.9. The van der Waals surface area contributed by atoms with Crippen LogP contribution in [0.4, 0.5) is 5.69 Å². The number of hydrogen-bond donors (Lipinski definition) is 3. The highest BCUT2D eigenvalue weighted by Gasteiger charge is 2.35. The monoisotopic (exact) mass is 525 g/mol. The molecule has 2 aromatic rings. The molecule has 0 bridgehead atoms. The summed E-state index contributed by atoms with van der Waals surface area (Å²) in [5.41, 5.74) is 0.841. The van der Waals surface area contributed by atoms with Gasteiger partial charge in [-0.25, -0.2) is 0 Å². The zero-order valence-electron chi connectivity index (χ0n) is 16.6. The third kappa shape index (κ3) is 7.08. The number of halogens is 4. The fraction of sp³-hybridized carbons (Fsp3) is 0.263. The van der Waals surface area contributed by atoms with Crippen LogP contribution in [0.2, 0.25) is 5.02 Å². The normalized spacial score (nSPS) is 11.8. The molecule has 0 aromatic heterocycles. The molecule has 0 radical (unpaired) electrons. The molecular weight excluding hydrogens is 508 g/mol. The van der Waals surface area contributed by atoms with Gasteiger partial charge in [0.2, 0.25) is 9.54 Å². The summed E-state index contributed by atoms with van der Waals surface area (Å²) in [6, 6.07) is 9.74. The van der Waals surface area contributed by atoms with Gasteiger partial charge in [-0.1, -0.05) is 46.4 Å². The molecule has 31 heavy (non-hydrogen) atoms. The Kier molecular flexibility index (Phi) is 9.14. The third-order valence-electron chi connectivity index (χ3n) is 3.91. The van der Waals surface area contributed by atoms with E-state index in [1.54, 1.807) is 24.3 Å². The van der Waals surface area contributed by atoms with E-state index >= 15 is 0 Å². The second-order valence-electron chi connectivity index (χ2n) is 5.97. The first-order valence-corrected chi connectivity index (χ1v) is 10.5. The Bertz CT molecular complexity index is 914. The van der Waals surface area contributed by atoms with E-state index < -0.39 is 15.9 Å². The molecule has 3 N–H and O–H groups in total. The molecule has 1 atom stereocenters.